The number of aromatic nitrogens is 2. The summed E-state index contributed by atoms with van der Waals surface area (Å²) in [5.41, 5.74) is 4.25. The Balaban J connectivity index is 1.96. The molecule has 0 radical (unpaired) electrons. The molecule has 100 valence electrons. The lowest BCUT2D eigenvalue weighted by atomic mass is 10.1. The summed E-state index contributed by atoms with van der Waals surface area (Å²) < 4.78 is 1.95. The quantitative estimate of drug-likeness (QED) is 0.927. The van der Waals surface area contributed by atoms with E-state index in [1.54, 1.807) is 0 Å². The molecule has 0 aliphatic heterocycles. The van der Waals surface area contributed by atoms with E-state index in [1.165, 1.54) is 18.4 Å². The number of nitrogens with one attached hydrogen (secondary N) is 1. The topological polar surface area (TPSA) is 29.9 Å². The van der Waals surface area contributed by atoms with Gasteiger partial charge in [0, 0.05) is 12.6 Å². The summed E-state index contributed by atoms with van der Waals surface area (Å²) in [6.45, 7) is 4.83. The Labute approximate surface area is 118 Å². The van der Waals surface area contributed by atoms with Crippen LogP contribution in [0.3, 0.4) is 0 Å². The molecule has 1 aliphatic rings. The van der Waals surface area contributed by atoms with Gasteiger partial charge in [0.2, 0.25) is 0 Å². The van der Waals surface area contributed by atoms with E-state index in [0.29, 0.717) is 6.04 Å². The van der Waals surface area contributed by atoms with Crippen LogP contribution in [0.5, 0.6) is 0 Å². The molecule has 1 heterocycles. The minimum atomic E-state index is 0.706. The number of rotatable bonds is 4. The zero-order valence-corrected chi connectivity index (χ0v) is 12.0. The molecule has 0 unspecified atom stereocenters. The van der Waals surface area contributed by atoms with Crippen molar-refractivity contribution in [2.75, 3.05) is 0 Å². The average Bonchev–Trinajstić information content (AvgIpc) is 3.21. The van der Waals surface area contributed by atoms with Gasteiger partial charge in [0.05, 0.1) is 22.1 Å². The summed E-state index contributed by atoms with van der Waals surface area (Å²) in [4.78, 5) is 0. The standard InChI is InChI=1S/C15H18ClN3/c1-10-15(16)11(2)19(18-10)14-6-4-3-5-12(14)9-17-13-7-8-13/h3-6,13,17H,7-9H2,1-2H3. The van der Waals surface area contributed by atoms with Gasteiger partial charge in [-0.25, -0.2) is 4.68 Å². The average molecular weight is 276 g/mol. The first-order chi connectivity index (χ1) is 9.16. The summed E-state index contributed by atoms with van der Waals surface area (Å²) in [5.74, 6) is 0. The molecular formula is C15H18ClN3. The second kappa shape index (κ2) is 4.99. The minimum absolute atomic E-state index is 0.706. The van der Waals surface area contributed by atoms with Crippen LogP contribution >= 0.6 is 11.6 Å². The van der Waals surface area contributed by atoms with Crippen LogP contribution in [-0.4, -0.2) is 15.8 Å². The smallest absolute Gasteiger partial charge is 0.0848 e. The van der Waals surface area contributed by atoms with Gasteiger partial charge in [-0.15, -0.1) is 0 Å². The van der Waals surface area contributed by atoms with Gasteiger partial charge in [-0.3, -0.25) is 0 Å². The molecule has 2 aromatic rings. The van der Waals surface area contributed by atoms with E-state index in [-0.39, 0.29) is 0 Å². The first-order valence-corrected chi connectivity index (χ1v) is 7.08. The molecule has 19 heavy (non-hydrogen) atoms. The second-order valence-corrected chi connectivity index (χ2v) is 5.56. The number of halogens is 1. The first-order valence-electron chi connectivity index (χ1n) is 6.70. The molecule has 4 heteroatoms. The van der Waals surface area contributed by atoms with Crippen molar-refractivity contribution in [2.45, 2.75) is 39.3 Å². The maximum Gasteiger partial charge on any atom is 0.0848 e. The molecule has 3 nitrogen and oxygen atoms in total. The summed E-state index contributed by atoms with van der Waals surface area (Å²) in [5, 5.41) is 8.84. The van der Waals surface area contributed by atoms with Crippen LogP contribution in [0.25, 0.3) is 5.69 Å². The first kappa shape index (κ1) is 12.7. The van der Waals surface area contributed by atoms with Gasteiger partial charge in [-0.05, 0) is 38.3 Å². The van der Waals surface area contributed by atoms with Gasteiger partial charge < -0.3 is 5.32 Å². The fraction of sp³-hybridized carbons (Fsp3) is 0.400. The highest BCUT2D eigenvalue weighted by Gasteiger charge is 2.21. The van der Waals surface area contributed by atoms with Gasteiger partial charge in [0.15, 0.2) is 0 Å². The number of hydrogen-bond donors (Lipinski definition) is 1. The van der Waals surface area contributed by atoms with Gasteiger partial charge in [-0.1, -0.05) is 29.8 Å². The normalized spacial score (nSPS) is 14.9. The van der Waals surface area contributed by atoms with Gasteiger partial charge in [0.25, 0.3) is 0 Å². The van der Waals surface area contributed by atoms with Crippen molar-refractivity contribution >= 4 is 11.6 Å². The maximum atomic E-state index is 6.24. The highest BCUT2D eigenvalue weighted by molar-refractivity contribution is 6.31. The Morgan fingerprint density at radius 1 is 1.32 bits per heavy atom. The number of hydrogen-bond acceptors (Lipinski definition) is 2. The Bertz CT molecular complexity index is 599. The van der Waals surface area contributed by atoms with Crippen molar-refractivity contribution in [1.82, 2.24) is 15.1 Å². The van der Waals surface area contributed by atoms with Crippen molar-refractivity contribution in [3.8, 4) is 5.69 Å². The lowest BCUT2D eigenvalue weighted by Gasteiger charge is -2.11. The van der Waals surface area contributed by atoms with Gasteiger partial charge in [-0.2, -0.15) is 5.10 Å². The fourth-order valence-electron chi connectivity index (χ4n) is 2.27. The molecule has 1 aromatic carbocycles. The molecule has 0 bridgehead atoms. The molecule has 1 saturated carbocycles. The summed E-state index contributed by atoms with van der Waals surface area (Å²) >= 11 is 6.24. The number of para-hydroxylation sites is 1. The number of benzene rings is 1. The van der Waals surface area contributed by atoms with Crippen LogP contribution < -0.4 is 5.32 Å². The van der Waals surface area contributed by atoms with Crippen molar-refractivity contribution in [3.05, 3.63) is 46.2 Å². The molecule has 0 amide bonds. The molecule has 1 aromatic heterocycles. The van der Waals surface area contributed by atoms with Gasteiger partial charge >= 0.3 is 0 Å². The summed E-state index contributed by atoms with van der Waals surface area (Å²) in [6.07, 6.45) is 2.60. The van der Waals surface area contributed by atoms with E-state index in [1.807, 2.05) is 24.6 Å². The fourth-order valence-corrected chi connectivity index (χ4v) is 2.38. The minimum Gasteiger partial charge on any atom is -0.310 e. The predicted octanol–water partition coefficient (Wildman–Crippen LogP) is 3.39. The summed E-state index contributed by atoms with van der Waals surface area (Å²) in [6, 6.07) is 9.06. The van der Waals surface area contributed by atoms with E-state index in [2.05, 4.69) is 28.6 Å². The number of nitrogens with zero attached hydrogens (tertiary/aromatic N) is 2. The van der Waals surface area contributed by atoms with Crippen LogP contribution in [0.15, 0.2) is 24.3 Å². The molecule has 1 fully saturated rings. The monoisotopic (exact) mass is 275 g/mol. The highest BCUT2D eigenvalue weighted by Crippen LogP contribution is 2.25. The Morgan fingerprint density at radius 3 is 2.68 bits per heavy atom. The zero-order chi connectivity index (χ0) is 13.4. The molecule has 0 saturated heterocycles. The second-order valence-electron chi connectivity index (χ2n) is 5.18. The maximum absolute atomic E-state index is 6.24. The summed E-state index contributed by atoms with van der Waals surface area (Å²) in [7, 11) is 0. The van der Waals surface area contributed by atoms with Crippen LogP contribution in [0.1, 0.15) is 29.8 Å². The third kappa shape index (κ3) is 2.53. The molecule has 0 atom stereocenters. The van der Waals surface area contributed by atoms with Crippen molar-refractivity contribution in [2.24, 2.45) is 0 Å². The van der Waals surface area contributed by atoms with Crippen molar-refractivity contribution in [1.29, 1.82) is 0 Å². The lowest BCUT2D eigenvalue weighted by molar-refractivity contribution is 0.679. The van der Waals surface area contributed by atoms with E-state index in [0.717, 1.165) is 28.6 Å². The third-order valence-electron chi connectivity index (χ3n) is 3.58. The Hall–Kier alpha value is -1.32. The van der Waals surface area contributed by atoms with E-state index >= 15 is 0 Å². The molecular weight excluding hydrogens is 258 g/mol. The van der Waals surface area contributed by atoms with Crippen LogP contribution in [-0.2, 0) is 6.54 Å². The Morgan fingerprint density at radius 2 is 2.05 bits per heavy atom. The molecule has 1 aliphatic carbocycles. The van der Waals surface area contributed by atoms with E-state index < -0.39 is 0 Å². The molecule has 0 spiro atoms. The third-order valence-corrected chi connectivity index (χ3v) is 4.13. The van der Waals surface area contributed by atoms with Gasteiger partial charge in [0.1, 0.15) is 0 Å². The highest BCUT2D eigenvalue weighted by atomic mass is 35.5. The lowest BCUT2D eigenvalue weighted by Crippen LogP contribution is -2.17. The predicted molar refractivity (Wildman–Crippen MR) is 77.9 cm³/mol. The largest absolute Gasteiger partial charge is 0.310 e. The zero-order valence-electron chi connectivity index (χ0n) is 11.3. The van der Waals surface area contributed by atoms with Crippen molar-refractivity contribution in [3.63, 3.8) is 0 Å². The Kier molecular flexibility index (Phi) is 3.33. The van der Waals surface area contributed by atoms with Crippen molar-refractivity contribution < 1.29 is 0 Å². The number of aryl methyl sites for hydroxylation is 1. The molecule has 3 rings (SSSR count). The van der Waals surface area contributed by atoms with Crippen LogP contribution in [0.2, 0.25) is 5.02 Å². The van der Waals surface area contributed by atoms with E-state index in [4.69, 9.17) is 11.6 Å². The van der Waals surface area contributed by atoms with Crippen LogP contribution in [0.4, 0.5) is 0 Å². The van der Waals surface area contributed by atoms with E-state index in [9.17, 15) is 0 Å². The molecule has 1 N–H and O–H groups in total. The SMILES string of the molecule is Cc1nn(-c2ccccc2CNC2CC2)c(C)c1Cl. The van der Waals surface area contributed by atoms with Crippen LogP contribution in [0, 0.1) is 13.8 Å².